The largest absolute Gasteiger partial charge is 0.465 e. The molecule has 2 fully saturated rings. The fourth-order valence-corrected chi connectivity index (χ4v) is 7.28. The highest BCUT2D eigenvalue weighted by Crippen LogP contribution is 2.33. The molecule has 2 aromatic carbocycles. The van der Waals surface area contributed by atoms with Gasteiger partial charge in [-0.1, -0.05) is 30.3 Å². The van der Waals surface area contributed by atoms with Crippen LogP contribution in [0.5, 0.6) is 0 Å². The van der Waals surface area contributed by atoms with Crippen molar-refractivity contribution in [2.24, 2.45) is 5.92 Å². The number of aryl methyl sites for hydroxylation is 2. The summed E-state index contributed by atoms with van der Waals surface area (Å²) in [5.41, 5.74) is 11.8. The first-order valence-electron chi connectivity index (χ1n) is 15.5. The van der Waals surface area contributed by atoms with Crippen LogP contribution in [-0.2, 0) is 17.6 Å². The highest BCUT2D eigenvalue weighted by atomic mass is 16.4. The Balaban J connectivity index is 1.44. The molecule has 3 heterocycles. The molecule has 0 radical (unpaired) electrons. The molecule has 0 spiro atoms. The lowest BCUT2D eigenvalue weighted by Crippen LogP contribution is -2.59. The molecule has 10 nitrogen and oxygen atoms in total. The number of nitrogens with zero attached hydrogens (tertiary/aromatic N) is 4. The third kappa shape index (κ3) is 6.59. The minimum absolute atomic E-state index is 0.00559. The summed E-state index contributed by atoms with van der Waals surface area (Å²) >= 11 is 0. The van der Waals surface area contributed by atoms with Gasteiger partial charge in [0.1, 0.15) is 0 Å². The van der Waals surface area contributed by atoms with E-state index in [-0.39, 0.29) is 24.5 Å². The molecule has 5 rings (SSSR count). The Morgan fingerprint density at radius 1 is 1.05 bits per heavy atom. The fourth-order valence-electron chi connectivity index (χ4n) is 7.28. The average Bonchev–Trinajstić information content (AvgIpc) is 3.16. The molecule has 0 aliphatic carbocycles. The number of amides is 4. The predicted molar refractivity (Wildman–Crippen MR) is 168 cm³/mol. The molecule has 4 amide bonds. The summed E-state index contributed by atoms with van der Waals surface area (Å²) < 4.78 is 0. The number of hydrogen-bond acceptors (Lipinski definition) is 5. The van der Waals surface area contributed by atoms with Crippen molar-refractivity contribution in [1.82, 2.24) is 19.6 Å². The Hall–Kier alpha value is -3.79. The second-order valence-electron chi connectivity index (χ2n) is 12.7. The molecule has 2 saturated heterocycles. The molecule has 3 aliphatic rings. The summed E-state index contributed by atoms with van der Waals surface area (Å²) in [5.74, 6) is -0.585. The average molecular weight is 591 g/mol. The van der Waals surface area contributed by atoms with Crippen LogP contribution < -0.4 is 11.1 Å². The number of carbonyl (C=O) groups is 3. The van der Waals surface area contributed by atoms with Crippen molar-refractivity contribution in [3.05, 3.63) is 58.7 Å². The molecule has 2 unspecified atom stereocenters. The van der Waals surface area contributed by atoms with E-state index in [9.17, 15) is 19.5 Å². The lowest BCUT2D eigenvalue weighted by atomic mass is 9.81. The van der Waals surface area contributed by atoms with Crippen LogP contribution in [-0.4, -0.2) is 101 Å². The van der Waals surface area contributed by atoms with Gasteiger partial charge in [0.2, 0.25) is 5.91 Å². The summed E-state index contributed by atoms with van der Waals surface area (Å²) in [7, 11) is 4.14. The van der Waals surface area contributed by atoms with E-state index in [1.54, 1.807) is 0 Å². The second kappa shape index (κ2) is 12.8. The minimum Gasteiger partial charge on any atom is -0.465 e. The summed E-state index contributed by atoms with van der Waals surface area (Å²) in [6.45, 7) is 6.03. The zero-order valence-electron chi connectivity index (χ0n) is 25.9. The maximum Gasteiger partial charge on any atom is 0.407 e. The maximum absolute atomic E-state index is 14.4. The number of rotatable bonds is 6. The molecule has 232 valence electrons. The van der Waals surface area contributed by atoms with Gasteiger partial charge >= 0.3 is 12.1 Å². The summed E-state index contributed by atoms with van der Waals surface area (Å²) in [5, 5.41) is 13.4. The van der Waals surface area contributed by atoms with Gasteiger partial charge in [-0.05, 0) is 94.8 Å². The standard InChI is InChI=1S/C33H46N6O4/c1-21-17-23(18-22(2)30(21)34)19-27(31(40)37-13-10-25(11-14-37)36(3)4)29-20-26(12-16-39(29)33(42)43)38-15-9-24-7-5-6-8-28(24)35-32(38)41/h5-8,17-18,25-27,29H,9-16,19-20,34H2,1-4H3,(H,35,41)(H,42,43)/t26?,27?,29-/m1/s1. The normalized spacial score (nSPS) is 22.2. The number of nitrogen functional groups attached to an aromatic ring is 1. The van der Waals surface area contributed by atoms with Gasteiger partial charge in [0.25, 0.3) is 0 Å². The van der Waals surface area contributed by atoms with Crippen LogP contribution in [0, 0.1) is 19.8 Å². The fraction of sp³-hybridized carbons (Fsp3) is 0.545. The van der Waals surface area contributed by atoms with E-state index in [2.05, 4.69) is 24.3 Å². The Morgan fingerprint density at radius 2 is 1.72 bits per heavy atom. The lowest BCUT2D eigenvalue weighted by Gasteiger charge is -2.46. The number of nitrogens with one attached hydrogen (secondary N) is 1. The van der Waals surface area contributed by atoms with Gasteiger partial charge in [-0.15, -0.1) is 0 Å². The van der Waals surface area contributed by atoms with Crippen molar-refractivity contribution in [3.8, 4) is 0 Å². The van der Waals surface area contributed by atoms with Crippen LogP contribution in [0.25, 0.3) is 0 Å². The first-order valence-corrected chi connectivity index (χ1v) is 15.5. The van der Waals surface area contributed by atoms with Crippen LogP contribution in [0.3, 0.4) is 0 Å². The molecule has 0 aromatic heterocycles. The Labute approximate surface area is 254 Å². The van der Waals surface area contributed by atoms with E-state index in [0.29, 0.717) is 51.4 Å². The molecule has 2 aromatic rings. The predicted octanol–water partition coefficient (Wildman–Crippen LogP) is 4.20. The van der Waals surface area contributed by atoms with E-state index in [0.717, 1.165) is 46.5 Å². The SMILES string of the molecule is Cc1cc(CC(C(=O)N2CCC(N(C)C)CC2)[C@H]2CC(N3CCc4ccccc4NC3=O)CCN2C(=O)O)cc(C)c1N. The molecular weight excluding hydrogens is 544 g/mol. The van der Waals surface area contributed by atoms with Crippen LogP contribution >= 0.6 is 0 Å². The molecule has 0 bridgehead atoms. The van der Waals surface area contributed by atoms with Crippen molar-refractivity contribution in [2.75, 3.05) is 51.3 Å². The second-order valence-corrected chi connectivity index (χ2v) is 12.7. The number of hydrogen-bond donors (Lipinski definition) is 3. The number of carbonyl (C=O) groups excluding carboxylic acids is 2. The number of fused-ring (bicyclic) bond motifs is 1. The molecule has 0 saturated carbocycles. The summed E-state index contributed by atoms with van der Waals surface area (Å²) in [6, 6.07) is 11.4. The van der Waals surface area contributed by atoms with Crippen molar-refractivity contribution in [3.63, 3.8) is 0 Å². The number of benzene rings is 2. The Morgan fingerprint density at radius 3 is 2.37 bits per heavy atom. The molecule has 4 N–H and O–H groups in total. The van der Waals surface area contributed by atoms with Crippen molar-refractivity contribution in [2.45, 2.75) is 70.5 Å². The third-order valence-corrected chi connectivity index (χ3v) is 9.84. The number of anilines is 2. The van der Waals surface area contributed by atoms with Gasteiger partial charge in [0.05, 0.1) is 5.92 Å². The molecular formula is C33H46N6O4. The van der Waals surface area contributed by atoms with E-state index in [4.69, 9.17) is 5.73 Å². The number of likely N-dealkylation sites (tertiary alicyclic amines) is 2. The van der Waals surface area contributed by atoms with E-state index < -0.39 is 18.1 Å². The maximum atomic E-state index is 14.4. The van der Waals surface area contributed by atoms with Crippen molar-refractivity contribution < 1.29 is 19.5 Å². The Kier molecular flexibility index (Phi) is 9.15. The van der Waals surface area contributed by atoms with Gasteiger partial charge < -0.3 is 35.8 Å². The monoisotopic (exact) mass is 590 g/mol. The highest BCUT2D eigenvalue weighted by molar-refractivity contribution is 5.91. The number of piperidine rings is 2. The topological polar surface area (TPSA) is 122 Å². The number of nitrogens with two attached hydrogens (primary N) is 1. The van der Waals surface area contributed by atoms with Crippen LogP contribution in [0.4, 0.5) is 21.0 Å². The van der Waals surface area contributed by atoms with Crippen LogP contribution in [0.2, 0.25) is 0 Å². The highest BCUT2D eigenvalue weighted by Gasteiger charge is 2.44. The quantitative estimate of drug-likeness (QED) is 0.434. The molecule has 43 heavy (non-hydrogen) atoms. The van der Waals surface area contributed by atoms with E-state index in [1.807, 2.05) is 60.0 Å². The minimum atomic E-state index is -1.02. The molecule has 3 aliphatic heterocycles. The van der Waals surface area contributed by atoms with Gasteiger partial charge in [-0.3, -0.25) is 4.79 Å². The van der Waals surface area contributed by atoms with E-state index in [1.165, 1.54) is 4.90 Å². The third-order valence-electron chi connectivity index (χ3n) is 9.84. The van der Waals surface area contributed by atoms with Crippen LogP contribution in [0.15, 0.2) is 36.4 Å². The van der Waals surface area contributed by atoms with Crippen molar-refractivity contribution >= 4 is 29.4 Å². The molecule has 3 atom stereocenters. The zero-order valence-corrected chi connectivity index (χ0v) is 25.9. The van der Waals surface area contributed by atoms with Gasteiger partial charge in [-0.25, -0.2) is 9.59 Å². The van der Waals surface area contributed by atoms with Gasteiger partial charge in [0, 0.05) is 55.7 Å². The number of urea groups is 1. The lowest BCUT2D eigenvalue weighted by molar-refractivity contribution is -0.140. The number of carboxylic acid groups (broad SMARTS) is 1. The summed E-state index contributed by atoms with van der Waals surface area (Å²) in [4.78, 5) is 47.9. The number of para-hydroxylation sites is 1. The molecule has 10 heteroatoms. The smallest absolute Gasteiger partial charge is 0.407 e. The summed E-state index contributed by atoms with van der Waals surface area (Å²) in [6.07, 6.45) is 2.81. The van der Waals surface area contributed by atoms with E-state index >= 15 is 0 Å². The Bertz CT molecular complexity index is 1330. The van der Waals surface area contributed by atoms with Crippen LogP contribution in [0.1, 0.15) is 47.9 Å². The first kappa shape index (κ1) is 30.7. The van der Waals surface area contributed by atoms with Gasteiger partial charge in [0.15, 0.2) is 0 Å². The van der Waals surface area contributed by atoms with Gasteiger partial charge in [-0.2, -0.15) is 0 Å². The van der Waals surface area contributed by atoms with Crippen molar-refractivity contribution in [1.29, 1.82) is 0 Å². The first-order chi connectivity index (χ1) is 20.5. The zero-order chi connectivity index (χ0) is 30.8.